The monoisotopic (exact) mass is 212 g/mol. The zero-order valence-electron chi connectivity index (χ0n) is 10.0. The molecule has 0 aliphatic carbocycles. The zero-order valence-corrected chi connectivity index (χ0v) is 10.0. The van der Waals surface area contributed by atoms with Crippen molar-refractivity contribution < 1.29 is 9.59 Å². The third kappa shape index (κ3) is 1.98. The van der Waals surface area contributed by atoms with Crippen LogP contribution in [0.4, 0.5) is 0 Å². The van der Waals surface area contributed by atoms with Crippen LogP contribution in [0.1, 0.15) is 33.1 Å². The van der Waals surface area contributed by atoms with Crippen LogP contribution in [-0.4, -0.2) is 47.8 Å². The Morgan fingerprint density at radius 3 is 2.47 bits per heavy atom. The number of likely N-dealkylation sites (tertiary alicyclic amines) is 1. The molecule has 0 aromatic heterocycles. The maximum atomic E-state index is 12.0. The van der Waals surface area contributed by atoms with Crippen molar-refractivity contribution >= 4 is 11.8 Å². The van der Waals surface area contributed by atoms with E-state index >= 15 is 0 Å². The van der Waals surface area contributed by atoms with E-state index < -0.39 is 5.54 Å². The van der Waals surface area contributed by atoms with E-state index in [1.54, 1.807) is 23.9 Å². The Morgan fingerprint density at radius 2 is 2.00 bits per heavy atom. The molecule has 0 aromatic carbocycles. The molecule has 0 N–H and O–H groups in total. The minimum absolute atomic E-state index is 0.0294. The summed E-state index contributed by atoms with van der Waals surface area (Å²) < 4.78 is 0. The smallest absolute Gasteiger partial charge is 0.247 e. The quantitative estimate of drug-likeness (QED) is 0.681. The summed E-state index contributed by atoms with van der Waals surface area (Å²) >= 11 is 0. The summed E-state index contributed by atoms with van der Waals surface area (Å²) in [5.74, 6) is 0.104. The van der Waals surface area contributed by atoms with E-state index in [0.717, 1.165) is 12.8 Å². The lowest BCUT2D eigenvalue weighted by atomic mass is 9.97. The number of rotatable bonds is 2. The first kappa shape index (κ1) is 12.0. The van der Waals surface area contributed by atoms with Gasteiger partial charge in [0.2, 0.25) is 11.8 Å². The molecule has 0 bridgehead atoms. The highest BCUT2D eigenvalue weighted by atomic mass is 16.2. The molecule has 1 atom stereocenters. The van der Waals surface area contributed by atoms with Crippen LogP contribution < -0.4 is 0 Å². The van der Waals surface area contributed by atoms with Gasteiger partial charge in [-0.05, 0) is 19.8 Å². The van der Waals surface area contributed by atoms with Crippen LogP contribution in [0.5, 0.6) is 0 Å². The first-order valence-corrected chi connectivity index (χ1v) is 5.45. The van der Waals surface area contributed by atoms with Gasteiger partial charge in [0.1, 0.15) is 5.54 Å². The zero-order chi connectivity index (χ0) is 11.6. The number of amides is 2. The van der Waals surface area contributed by atoms with Gasteiger partial charge in [-0.3, -0.25) is 9.59 Å². The minimum Gasteiger partial charge on any atom is -0.347 e. The summed E-state index contributed by atoms with van der Waals surface area (Å²) in [6.07, 6.45) is 2.16. The van der Waals surface area contributed by atoms with Crippen LogP contribution in [0, 0.1) is 0 Å². The van der Waals surface area contributed by atoms with Gasteiger partial charge < -0.3 is 9.80 Å². The molecule has 1 aliphatic rings. The van der Waals surface area contributed by atoms with E-state index in [2.05, 4.69) is 0 Å². The number of hydrogen-bond acceptors (Lipinski definition) is 2. The second-order valence-corrected chi connectivity index (χ2v) is 4.48. The van der Waals surface area contributed by atoms with Gasteiger partial charge in [-0.25, -0.2) is 0 Å². The Kier molecular flexibility index (Phi) is 3.37. The van der Waals surface area contributed by atoms with Gasteiger partial charge in [-0.2, -0.15) is 0 Å². The van der Waals surface area contributed by atoms with Gasteiger partial charge in [0.05, 0.1) is 0 Å². The van der Waals surface area contributed by atoms with Gasteiger partial charge in [-0.15, -0.1) is 0 Å². The SMILES string of the molecule is CCC(=O)N1CCCC1(C)C(=O)N(C)C. The second kappa shape index (κ2) is 4.21. The third-order valence-electron chi connectivity index (χ3n) is 3.11. The lowest BCUT2D eigenvalue weighted by molar-refractivity contribution is -0.148. The topological polar surface area (TPSA) is 40.6 Å². The number of carbonyl (C=O) groups excluding carboxylic acids is 2. The third-order valence-corrected chi connectivity index (χ3v) is 3.11. The fourth-order valence-electron chi connectivity index (χ4n) is 2.26. The molecule has 1 rings (SSSR count). The maximum absolute atomic E-state index is 12.0. The van der Waals surface area contributed by atoms with E-state index in [4.69, 9.17) is 0 Å². The number of nitrogens with zero attached hydrogens (tertiary/aromatic N) is 2. The molecule has 1 fully saturated rings. The lowest BCUT2D eigenvalue weighted by Gasteiger charge is -2.35. The molecule has 0 aromatic rings. The number of likely N-dealkylation sites (N-methyl/N-ethyl adjacent to an activating group) is 1. The van der Waals surface area contributed by atoms with Crippen molar-refractivity contribution in [3.63, 3.8) is 0 Å². The minimum atomic E-state index is -0.614. The van der Waals surface area contributed by atoms with Gasteiger partial charge >= 0.3 is 0 Å². The van der Waals surface area contributed by atoms with Crippen molar-refractivity contribution in [3.8, 4) is 0 Å². The van der Waals surface area contributed by atoms with Gasteiger partial charge in [0, 0.05) is 27.1 Å². The van der Waals surface area contributed by atoms with Crippen molar-refractivity contribution in [2.45, 2.75) is 38.6 Å². The fourth-order valence-corrected chi connectivity index (χ4v) is 2.26. The van der Waals surface area contributed by atoms with E-state index in [-0.39, 0.29) is 11.8 Å². The largest absolute Gasteiger partial charge is 0.347 e. The van der Waals surface area contributed by atoms with Crippen molar-refractivity contribution in [2.75, 3.05) is 20.6 Å². The molecule has 1 unspecified atom stereocenters. The molecule has 1 saturated heterocycles. The van der Waals surface area contributed by atoms with Gasteiger partial charge in [0.25, 0.3) is 0 Å². The average molecular weight is 212 g/mol. The molecular weight excluding hydrogens is 192 g/mol. The Hall–Kier alpha value is -1.06. The molecular formula is C11H20N2O2. The summed E-state index contributed by atoms with van der Waals surface area (Å²) in [7, 11) is 3.47. The molecule has 0 saturated carbocycles. The van der Waals surface area contributed by atoms with Crippen LogP contribution in [0.25, 0.3) is 0 Å². The Labute approximate surface area is 91.2 Å². The molecule has 1 heterocycles. The van der Waals surface area contributed by atoms with E-state index in [0.29, 0.717) is 13.0 Å². The maximum Gasteiger partial charge on any atom is 0.247 e. The van der Waals surface area contributed by atoms with Crippen molar-refractivity contribution in [2.24, 2.45) is 0 Å². The first-order valence-electron chi connectivity index (χ1n) is 5.45. The number of carbonyl (C=O) groups is 2. The Morgan fingerprint density at radius 1 is 1.40 bits per heavy atom. The molecule has 86 valence electrons. The molecule has 0 spiro atoms. The highest BCUT2D eigenvalue weighted by Crippen LogP contribution is 2.30. The first-order chi connectivity index (χ1) is 6.93. The predicted octanol–water partition coefficient (Wildman–Crippen LogP) is 0.866. The standard InChI is InChI=1S/C11H20N2O2/c1-5-9(14)13-8-6-7-11(13,2)10(15)12(3)4/h5-8H2,1-4H3. The van der Waals surface area contributed by atoms with Gasteiger partial charge in [-0.1, -0.05) is 6.92 Å². The highest BCUT2D eigenvalue weighted by Gasteiger charge is 2.45. The van der Waals surface area contributed by atoms with Crippen molar-refractivity contribution in [1.29, 1.82) is 0 Å². The molecule has 4 nitrogen and oxygen atoms in total. The Balaban J connectivity index is 2.91. The predicted molar refractivity (Wildman–Crippen MR) is 58.3 cm³/mol. The van der Waals surface area contributed by atoms with Crippen molar-refractivity contribution in [1.82, 2.24) is 9.80 Å². The second-order valence-electron chi connectivity index (χ2n) is 4.48. The van der Waals surface area contributed by atoms with Crippen molar-refractivity contribution in [3.05, 3.63) is 0 Å². The van der Waals surface area contributed by atoms with E-state index in [1.807, 2.05) is 13.8 Å². The van der Waals surface area contributed by atoms with Crippen LogP contribution in [0.2, 0.25) is 0 Å². The number of hydrogen-bond donors (Lipinski definition) is 0. The summed E-state index contributed by atoms with van der Waals surface area (Å²) in [5.41, 5.74) is -0.614. The molecule has 0 radical (unpaired) electrons. The fraction of sp³-hybridized carbons (Fsp3) is 0.818. The normalized spacial score (nSPS) is 25.5. The summed E-state index contributed by atoms with van der Waals surface area (Å²) in [5, 5.41) is 0. The summed E-state index contributed by atoms with van der Waals surface area (Å²) in [6.45, 7) is 4.42. The van der Waals surface area contributed by atoms with E-state index in [1.165, 1.54) is 0 Å². The molecule has 15 heavy (non-hydrogen) atoms. The average Bonchev–Trinajstić information content (AvgIpc) is 2.59. The van der Waals surface area contributed by atoms with Crippen LogP contribution in [0.3, 0.4) is 0 Å². The van der Waals surface area contributed by atoms with Crippen LogP contribution >= 0.6 is 0 Å². The lowest BCUT2D eigenvalue weighted by Crippen LogP contribution is -2.54. The van der Waals surface area contributed by atoms with E-state index in [9.17, 15) is 9.59 Å². The van der Waals surface area contributed by atoms with Gasteiger partial charge in [0.15, 0.2) is 0 Å². The molecule has 2 amide bonds. The summed E-state index contributed by atoms with van der Waals surface area (Å²) in [4.78, 5) is 27.0. The molecule has 4 heteroatoms. The van der Waals surface area contributed by atoms with Crippen LogP contribution in [0.15, 0.2) is 0 Å². The highest BCUT2D eigenvalue weighted by molar-refractivity contribution is 5.91. The Bertz CT molecular complexity index is 276. The van der Waals surface area contributed by atoms with Crippen LogP contribution in [-0.2, 0) is 9.59 Å². The summed E-state index contributed by atoms with van der Waals surface area (Å²) in [6, 6.07) is 0. The molecule has 1 aliphatic heterocycles.